The van der Waals surface area contributed by atoms with E-state index in [1.807, 2.05) is 18.2 Å². The fraction of sp³-hybridized carbons (Fsp3) is 0.316. The number of nitrogens with zero attached hydrogens (tertiary/aromatic N) is 2. The Morgan fingerprint density at radius 2 is 1.85 bits per heavy atom. The van der Waals surface area contributed by atoms with Gasteiger partial charge in [0.05, 0.1) is 20.4 Å². The predicted octanol–water partition coefficient (Wildman–Crippen LogP) is 3.54. The average Bonchev–Trinajstić information content (AvgIpc) is 2.64. The predicted molar refractivity (Wildman–Crippen MR) is 103 cm³/mol. The zero-order valence-corrected chi connectivity index (χ0v) is 16.3. The molecule has 2 N–H and O–H groups in total. The van der Waals surface area contributed by atoms with Gasteiger partial charge in [-0.25, -0.2) is 0 Å². The first-order valence-electron chi connectivity index (χ1n) is 8.20. The van der Waals surface area contributed by atoms with E-state index in [0.717, 1.165) is 41.0 Å². The Morgan fingerprint density at radius 1 is 1.15 bits per heavy atom. The van der Waals surface area contributed by atoms with Crippen molar-refractivity contribution in [3.8, 4) is 17.2 Å². The molecule has 1 aliphatic rings. The Kier molecular flexibility index (Phi) is 5.68. The normalized spacial score (nSPS) is 14.4. The molecule has 2 aromatic rings. The summed E-state index contributed by atoms with van der Waals surface area (Å²) in [6, 6.07) is 7.65. The fourth-order valence-electron chi connectivity index (χ4n) is 3.28. The standard InChI is InChI=1S/C19H21BrN2O4/c1-25-17-7-12-3-4-22(10-14(12)8-18(17)26-2)11-15-6-16(20)5-13(9-21-24)19(15)23/h5-9,23-24H,3-4,10-11H2,1-2H3/b21-9+. The number of halogens is 1. The highest BCUT2D eigenvalue weighted by Gasteiger charge is 2.21. The Balaban J connectivity index is 1.84. The van der Waals surface area contributed by atoms with Crippen molar-refractivity contribution in [1.29, 1.82) is 0 Å². The molecule has 0 atom stereocenters. The summed E-state index contributed by atoms with van der Waals surface area (Å²) in [5.74, 6) is 1.60. The molecular weight excluding hydrogens is 400 g/mol. The minimum atomic E-state index is 0.129. The van der Waals surface area contributed by atoms with Gasteiger partial charge < -0.3 is 19.8 Å². The highest BCUT2D eigenvalue weighted by molar-refractivity contribution is 9.10. The first kappa shape index (κ1) is 18.5. The lowest BCUT2D eigenvalue weighted by Gasteiger charge is -2.30. The number of hydrogen-bond acceptors (Lipinski definition) is 6. The first-order valence-corrected chi connectivity index (χ1v) is 9.00. The van der Waals surface area contributed by atoms with Gasteiger partial charge in [-0.15, -0.1) is 0 Å². The van der Waals surface area contributed by atoms with E-state index >= 15 is 0 Å². The molecule has 26 heavy (non-hydrogen) atoms. The number of fused-ring (bicyclic) bond motifs is 1. The van der Waals surface area contributed by atoms with E-state index in [0.29, 0.717) is 12.1 Å². The third-order valence-corrected chi connectivity index (χ3v) is 5.03. The second-order valence-electron chi connectivity index (χ2n) is 6.18. The van der Waals surface area contributed by atoms with Crippen LogP contribution >= 0.6 is 15.9 Å². The summed E-state index contributed by atoms with van der Waals surface area (Å²) in [5, 5.41) is 22.2. The van der Waals surface area contributed by atoms with Crippen molar-refractivity contribution in [1.82, 2.24) is 4.90 Å². The molecule has 0 fully saturated rings. The van der Waals surface area contributed by atoms with Crippen molar-refractivity contribution in [2.75, 3.05) is 20.8 Å². The Hall–Kier alpha value is -2.25. The van der Waals surface area contributed by atoms with Crippen LogP contribution < -0.4 is 9.47 Å². The van der Waals surface area contributed by atoms with Gasteiger partial charge in [0.15, 0.2) is 11.5 Å². The number of ether oxygens (including phenoxy) is 2. The highest BCUT2D eigenvalue weighted by Crippen LogP contribution is 2.34. The minimum absolute atomic E-state index is 0.129. The number of methoxy groups -OCH3 is 2. The summed E-state index contributed by atoms with van der Waals surface area (Å²) in [6.07, 6.45) is 2.13. The maximum atomic E-state index is 10.4. The second-order valence-corrected chi connectivity index (χ2v) is 7.10. The molecule has 0 aliphatic carbocycles. The van der Waals surface area contributed by atoms with Gasteiger partial charge in [0.1, 0.15) is 5.75 Å². The molecule has 0 bridgehead atoms. The van der Waals surface area contributed by atoms with Crippen LogP contribution in [0, 0.1) is 0 Å². The number of phenols is 1. The second kappa shape index (κ2) is 7.97. The van der Waals surface area contributed by atoms with Crippen molar-refractivity contribution in [3.05, 3.63) is 51.0 Å². The molecule has 0 amide bonds. The molecule has 0 aromatic heterocycles. The molecular formula is C19H21BrN2O4. The molecule has 1 aliphatic heterocycles. The van der Waals surface area contributed by atoms with Crippen molar-refractivity contribution in [2.45, 2.75) is 19.5 Å². The summed E-state index contributed by atoms with van der Waals surface area (Å²) < 4.78 is 11.6. The van der Waals surface area contributed by atoms with Crippen molar-refractivity contribution in [2.24, 2.45) is 5.16 Å². The average molecular weight is 421 g/mol. The quantitative estimate of drug-likeness (QED) is 0.439. The van der Waals surface area contributed by atoms with Gasteiger partial charge in [0.2, 0.25) is 0 Å². The lowest BCUT2D eigenvalue weighted by atomic mass is 9.98. The Morgan fingerprint density at radius 3 is 2.50 bits per heavy atom. The molecule has 0 spiro atoms. The van der Waals surface area contributed by atoms with Crippen molar-refractivity contribution >= 4 is 22.1 Å². The van der Waals surface area contributed by atoms with E-state index in [-0.39, 0.29) is 5.75 Å². The lowest BCUT2D eigenvalue weighted by Crippen LogP contribution is -2.30. The van der Waals surface area contributed by atoms with Gasteiger partial charge in [-0.3, -0.25) is 4.90 Å². The third kappa shape index (κ3) is 3.78. The number of hydrogen-bond donors (Lipinski definition) is 2. The topological polar surface area (TPSA) is 74.5 Å². The third-order valence-electron chi connectivity index (χ3n) is 4.57. The Labute approximate surface area is 160 Å². The molecule has 3 rings (SSSR count). The van der Waals surface area contributed by atoms with Crippen LogP contribution in [0.15, 0.2) is 33.9 Å². The zero-order chi connectivity index (χ0) is 18.7. The van der Waals surface area contributed by atoms with Crippen LogP contribution in [0.5, 0.6) is 17.2 Å². The van der Waals surface area contributed by atoms with E-state index in [1.165, 1.54) is 17.3 Å². The zero-order valence-electron chi connectivity index (χ0n) is 14.7. The molecule has 1 heterocycles. The summed E-state index contributed by atoms with van der Waals surface area (Å²) in [6.45, 7) is 2.22. The maximum absolute atomic E-state index is 10.4. The number of phenolic OH excluding ortho intramolecular Hbond substituents is 1. The molecule has 0 unspecified atom stereocenters. The van der Waals surface area contributed by atoms with E-state index < -0.39 is 0 Å². The van der Waals surface area contributed by atoms with E-state index in [2.05, 4.69) is 26.0 Å². The van der Waals surface area contributed by atoms with Crippen LogP contribution in [0.2, 0.25) is 0 Å². The van der Waals surface area contributed by atoms with Gasteiger partial charge in [0.25, 0.3) is 0 Å². The van der Waals surface area contributed by atoms with Crippen LogP contribution in [0.4, 0.5) is 0 Å². The SMILES string of the molecule is COc1cc2c(cc1OC)CN(Cc1cc(Br)cc(/C=N/O)c1O)CC2. The number of aromatic hydroxyl groups is 1. The molecule has 0 radical (unpaired) electrons. The number of benzene rings is 2. The number of oxime groups is 1. The van der Waals surface area contributed by atoms with Crippen LogP contribution in [-0.2, 0) is 19.5 Å². The van der Waals surface area contributed by atoms with Gasteiger partial charge in [0, 0.05) is 35.2 Å². The van der Waals surface area contributed by atoms with Crippen molar-refractivity contribution in [3.63, 3.8) is 0 Å². The van der Waals surface area contributed by atoms with Crippen LogP contribution in [0.25, 0.3) is 0 Å². The van der Waals surface area contributed by atoms with Crippen LogP contribution in [0.1, 0.15) is 22.3 Å². The van der Waals surface area contributed by atoms with Crippen molar-refractivity contribution < 1.29 is 19.8 Å². The summed E-state index contributed by atoms with van der Waals surface area (Å²) in [5.41, 5.74) is 3.70. The molecule has 7 heteroatoms. The smallest absolute Gasteiger partial charge is 0.161 e. The molecule has 138 valence electrons. The molecule has 6 nitrogen and oxygen atoms in total. The molecule has 0 saturated heterocycles. The minimum Gasteiger partial charge on any atom is -0.507 e. The van der Waals surface area contributed by atoms with E-state index in [4.69, 9.17) is 14.7 Å². The fourth-order valence-corrected chi connectivity index (χ4v) is 3.80. The lowest BCUT2D eigenvalue weighted by molar-refractivity contribution is 0.241. The van der Waals surface area contributed by atoms with E-state index in [9.17, 15) is 5.11 Å². The maximum Gasteiger partial charge on any atom is 0.161 e. The Bertz CT molecular complexity index is 839. The van der Waals surface area contributed by atoms with Gasteiger partial charge in [-0.1, -0.05) is 21.1 Å². The number of rotatable bonds is 5. The summed E-state index contributed by atoms with van der Waals surface area (Å²) >= 11 is 3.44. The van der Waals surface area contributed by atoms with Gasteiger partial charge in [-0.05, 0) is 41.8 Å². The van der Waals surface area contributed by atoms with Crippen LogP contribution in [0.3, 0.4) is 0 Å². The summed E-state index contributed by atoms with van der Waals surface area (Å²) in [4.78, 5) is 2.26. The van der Waals surface area contributed by atoms with Gasteiger partial charge in [-0.2, -0.15) is 0 Å². The largest absolute Gasteiger partial charge is 0.507 e. The monoisotopic (exact) mass is 420 g/mol. The molecule has 0 saturated carbocycles. The van der Waals surface area contributed by atoms with Crippen LogP contribution in [-0.4, -0.2) is 42.2 Å². The highest BCUT2D eigenvalue weighted by atomic mass is 79.9. The molecule has 2 aromatic carbocycles. The van der Waals surface area contributed by atoms with Gasteiger partial charge >= 0.3 is 0 Å². The van der Waals surface area contributed by atoms with E-state index in [1.54, 1.807) is 20.3 Å². The summed E-state index contributed by atoms with van der Waals surface area (Å²) in [7, 11) is 3.28. The first-order chi connectivity index (χ1) is 12.5.